The van der Waals surface area contributed by atoms with Gasteiger partial charge in [0.1, 0.15) is 5.76 Å². The number of ether oxygens (including phenoxy) is 4. The van der Waals surface area contributed by atoms with Crippen molar-refractivity contribution in [1.82, 2.24) is 0 Å². The Morgan fingerprint density at radius 2 is 1.17 bits per heavy atom. The highest BCUT2D eigenvalue weighted by atomic mass is 35.5. The van der Waals surface area contributed by atoms with Gasteiger partial charge in [0.05, 0.1) is 31.5 Å². The molecule has 0 bridgehead atoms. The van der Waals surface area contributed by atoms with Crippen LogP contribution in [0.1, 0.15) is 60.8 Å². The first-order chi connectivity index (χ1) is 19.7. The fraction of sp³-hybridized carbons (Fsp3) is 0.867. The summed E-state index contributed by atoms with van der Waals surface area (Å²) in [6.45, 7) is 22.6. The van der Waals surface area contributed by atoms with Crippen LogP contribution < -0.4 is 0 Å². The third-order valence-electron chi connectivity index (χ3n) is 8.58. The Kier molecular flexibility index (Phi) is 25.0. The van der Waals surface area contributed by atoms with Crippen LogP contribution >= 0.6 is 58.6 Å². The molecule has 0 aromatic rings. The van der Waals surface area contributed by atoms with E-state index in [1.54, 1.807) is 14.2 Å². The largest absolute Gasteiger partial charge is 0.472 e. The van der Waals surface area contributed by atoms with E-state index >= 15 is 0 Å². The van der Waals surface area contributed by atoms with Crippen LogP contribution in [0.3, 0.4) is 0 Å². The zero-order chi connectivity index (χ0) is 31.2. The minimum absolute atomic E-state index is 0.228. The number of halogens is 1. The van der Waals surface area contributed by atoms with Crippen LogP contribution in [0.25, 0.3) is 0 Å². The van der Waals surface area contributed by atoms with E-state index in [1.807, 2.05) is 0 Å². The van der Waals surface area contributed by atoms with Crippen LogP contribution in [0.5, 0.6) is 0 Å². The van der Waals surface area contributed by atoms with Crippen LogP contribution in [0.2, 0.25) is 36.3 Å². The molecule has 0 amide bonds. The van der Waals surface area contributed by atoms with Crippen LogP contribution in [0.4, 0.5) is 0 Å². The maximum atomic E-state index is 5.63. The molecule has 0 aliphatic carbocycles. The third-order valence-corrected chi connectivity index (χ3v) is 32.8. The van der Waals surface area contributed by atoms with Crippen molar-refractivity contribution in [3.8, 4) is 0 Å². The molecule has 2 aliphatic rings. The first-order valence-electron chi connectivity index (χ1n) is 15.4. The second-order valence-electron chi connectivity index (χ2n) is 10.5. The Hall–Kier alpha value is 1.12. The molecule has 4 nitrogen and oxygen atoms in total. The summed E-state index contributed by atoms with van der Waals surface area (Å²) in [4.78, 5) is 0. The van der Waals surface area contributed by atoms with Crippen molar-refractivity contribution >= 4 is 74.8 Å². The topological polar surface area (TPSA) is 36.9 Å². The Morgan fingerprint density at radius 1 is 0.732 bits per heavy atom. The van der Waals surface area contributed by atoms with Gasteiger partial charge in [-0.1, -0.05) is 91.0 Å². The fourth-order valence-corrected chi connectivity index (χ4v) is 28.9. The molecule has 0 N–H and O–H groups in total. The van der Waals surface area contributed by atoms with E-state index in [-0.39, 0.29) is 6.79 Å². The molecule has 0 saturated carbocycles. The summed E-state index contributed by atoms with van der Waals surface area (Å²) in [7, 11) is 0.991. The van der Waals surface area contributed by atoms with Gasteiger partial charge < -0.3 is 18.9 Å². The fourth-order valence-electron chi connectivity index (χ4n) is 5.45. The molecule has 0 aromatic heterocycles. The lowest BCUT2D eigenvalue weighted by Gasteiger charge is -2.50. The Labute approximate surface area is 278 Å². The molecular weight excluding hydrogens is 644 g/mol. The zero-order valence-electron chi connectivity index (χ0n) is 27.4. The second-order valence-corrected chi connectivity index (χ2v) is 29.0. The van der Waals surface area contributed by atoms with Gasteiger partial charge in [-0.05, 0) is 35.9 Å². The van der Waals surface area contributed by atoms with Crippen molar-refractivity contribution in [2.75, 3.05) is 56.7 Å². The van der Waals surface area contributed by atoms with Gasteiger partial charge in [-0.2, -0.15) is 23.5 Å². The molecule has 0 radical (unpaired) electrons. The summed E-state index contributed by atoms with van der Waals surface area (Å²) < 4.78 is 21.4. The lowest BCUT2D eigenvalue weighted by Crippen LogP contribution is -2.54. The van der Waals surface area contributed by atoms with Gasteiger partial charge >= 0.3 is 0 Å². The van der Waals surface area contributed by atoms with Gasteiger partial charge in [-0.25, -0.2) is 0 Å². The normalized spacial score (nSPS) is 17.4. The van der Waals surface area contributed by atoms with Crippen LogP contribution in [-0.4, -0.2) is 80.8 Å². The van der Waals surface area contributed by atoms with E-state index in [0.29, 0.717) is 22.1 Å². The van der Waals surface area contributed by atoms with Gasteiger partial charge in [-0.3, -0.25) is 0 Å². The van der Waals surface area contributed by atoms with Crippen molar-refractivity contribution in [1.29, 1.82) is 0 Å². The minimum Gasteiger partial charge on any atom is -0.472 e. The summed E-state index contributed by atoms with van der Waals surface area (Å²) in [6, 6.07) is 8.55. The van der Waals surface area contributed by atoms with Gasteiger partial charge in [0, 0.05) is 24.8 Å². The molecule has 0 atom stereocenters. The van der Waals surface area contributed by atoms with Crippen molar-refractivity contribution in [2.45, 2.75) is 105 Å². The average Bonchev–Trinajstić information content (AvgIpc) is 3.02. The molecule has 2 saturated heterocycles. The third kappa shape index (κ3) is 14.0. The zero-order valence-corrected chi connectivity index (χ0v) is 33.5. The number of rotatable bonds is 17. The number of alkyl halides is 1. The summed E-state index contributed by atoms with van der Waals surface area (Å²) in [6.07, 6.45) is 3.77. The van der Waals surface area contributed by atoms with Gasteiger partial charge in [-0.15, -0.1) is 35.1 Å². The number of allylic oxidation sites excluding steroid dienone is 2. The first kappa shape index (κ1) is 42.1. The lowest BCUT2D eigenvalue weighted by molar-refractivity contribution is 0.00321. The van der Waals surface area contributed by atoms with Gasteiger partial charge in [0.15, 0.2) is 13.6 Å². The van der Waals surface area contributed by atoms with Crippen LogP contribution in [-0.2, 0) is 18.9 Å². The van der Waals surface area contributed by atoms with E-state index < -0.39 is 16.1 Å². The Morgan fingerprint density at radius 3 is 1.56 bits per heavy atom. The summed E-state index contributed by atoms with van der Waals surface area (Å²) in [5.41, 5.74) is 0. The Balaban J connectivity index is 0.000000652. The highest BCUT2D eigenvalue weighted by molar-refractivity contribution is 8.21. The molecule has 41 heavy (non-hydrogen) atoms. The molecule has 2 heterocycles. The average molecular weight is 706 g/mol. The molecule has 0 spiro atoms. The van der Waals surface area contributed by atoms with Gasteiger partial charge in [0.25, 0.3) is 0 Å². The minimum atomic E-state index is -1.32. The first-order valence-corrected chi connectivity index (χ1v) is 25.3. The highest BCUT2D eigenvalue weighted by Crippen LogP contribution is 2.55. The number of hydrogen-bond donors (Lipinski definition) is 0. The molecule has 244 valence electrons. The lowest BCUT2D eigenvalue weighted by atomic mass is 10.4. The number of methoxy groups -OCH3 is 2. The van der Waals surface area contributed by atoms with E-state index in [2.05, 4.69) is 106 Å². The molecule has 0 unspecified atom stereocenters. The van der Waals surface area contributed by atoms with E-state index in [1.165, 1.54) is 72.1 Å². The van der Waals surface area contributed by atoms with Crippen molar-refractivity contribution in [3.05, 3.63) is 24.7 Å². The standard InChI is InChI=1S/C15H30O2S2Si.C10H22S2Si.C5H9ClO2/c1-6-20(7-2,8-3)15(18-10-9-11-19-15)12-14(4)17-13-16-5;1-4-13(5-2,6-3)10-11-8-7-9-12-10;1-5(3-6)8-4-7-2/h4,6-13H2,1-3,5H3;10H,4-9H2,1-3H3;1,3-4H2,2H3. The molecule has 2 rings (SSSR count). The monoisotopic (exact) mass is 704 g/mol. The van der Waals surface area contributed by atoms with Crippen molar-refractivity contribution < 1.29 is 18.9 Å². The molecular formula is C30H61ClO4S4Si2. The molecule has 2 fully saturated rings. The summed E-state index contributed by atoms with van der Waals surface area (Å²) >= 11 is 14.2. The van der Waals surface area contributed by atoms with E-state index in [4.69, 9.17) is 25.8 Å². The van der Waals surface area contributed by atoms with Crippen molar-refractivity contribution in [2.24, 2.45) is 0 Å². The smallest absolute Gasteiger partial charge is 0.188 e. The second kappa shape index (κ2) is 24.4. The molecule has 0 aromatic carbocycles. The maximum Gasteiger partial charge on any atom is 0.188 e. The van der Waals surface area contributed by atoms with Crippen molar-refractivity contribution in [3.63, 3.8) is 0 Å². The Bertz CT molecular complexity index is 669. The summed E-state index contributed by atoms with van der Waals surface area (Å²) in [5, 5.41) is 0. The summed E-state index contributed by atoms with van der Waals surface area (Å²) in [5.74, 6) is 7.19. The highest BCUT2D eigenvalue weighted by Gasteiger charge is 2.51. The van der Waals surface area contributed by atoms with Gasteiger partial charge in [0.2, 0.25) is 0 Å². The quantitative estimate of drug-likeness (QED) is 0.0641. The number of thioether (sulfide) groups is 4. The van der Waals surface area contributed by atoms with E-state index in [0.717, 1.165) is 16.4 Å². The molecule has 2 aliphatic heterocycles. The predicted octanol–water partition coefficient (Wildman–Crippen LogP) is 10.7. The van der Waals surface area contributed by atoms with Crippen LogP contribution in [0.15, 0.2) is 24.7 Å². The predicted molar refractivity (Wildman–Crippen MR) is 200 cm³/mol. The molecule has 11 heteroatoms. The SMILES string of the molecule is C=C(CC1([Si](CC)(CC)CC)SCCCS1)OCOC.C=C(CCl)OCOC.CC[Si](CC)(CC)C1SCCCS1. The van der Waals surface area contributed by atoms with Crippen LogP contribution in [0, 0.1) is 0 Å². The maximum absolute atomic E-state index is 5.63. The van der Waals surface area contributed by atoms with E-state index in [9.17, 15) is 0 Å². The number of hydrogen-bond acceptors (Lipinski definition) is 8.